The molecule has 0 radical (unpaired) electrons. The molecule has 0 aliphatic rings. The first kappa shape index (κ1) is 16.5. The predicted molar refractivity (Wildman–Crippen MR) is 84.3 cm³/mol. The summed E-state index contributed by atoms with van der Waals surface area (Å²) in [5.74, 6) is 0.832. The standard InChI is InChI=1S/C17H27NO2/c1-3-5-6-7-8-12-20-17-11-10-14(13-15(17)18)16(19)9-4-2/h10-11,13H,3-9,12,18H2,1-2H3. The number of benzene rings is 1. The van der Waals surface area contributed by atoms with Gasteiger partial charge in [0.15, 0.2) is 5.78 Å². The topological polar surface area (TPSA) is 52.3 Å². The van der Waals surface area contributed by atoms with E-state index in [2.05, 4.69) is 6.92 Å². The Labute approximate surface area is 122 Å². The smallest absolute Gasteiger partial charge is 0.162 e. The van der Waals surface area contributed by atoms with Crippen LogP contribution in [-0.4, -0.2) is 12.4 Å². The summed E-state index contributed by atoms with van der Waals surface area (Å²) in [6, 6.07) is 5.34. The molecule has 0 spiro atoms. The molecule has 0 aliphatic heterocycles. The third kappa shape index (κ3) is 5.64. The number of carbonyl (C=O) groups excluding carboxylic acids is 1. The highest BCUT2D eigenvalue weighted by Crippen LogP contribution is 2.23. The van der Waals surface area contributed by atoms with Crippen molar-refractivity contribution >= 4 is 11.5 Å². The highest BCUT2D eigenvalue weighted by molar-refractivity contribution is 5.97. The first-order valence-electron chi connectivity index (χ1n) is 7.74. The number of rotatable bonds is 10. The third-order valence-electron chi connectivity index (χ3n) is 3.31. The Morgan fingerprint density at radius 3 is 2.50 bits per heavy atom. The summed E-state index contributed by atoms with van der Waals surface area (Å²) in [4.78, 5) is 11.8. The van der Waals surface area contributed by atoms with Crippen LogP contribution in [0.1, 0.15) is 69.2 Å². The third-order valence-corrected chi connectivity index (χ3v) is 3.31. The Bertz CT molecular complexity index is 415. The van der Waals surface area contributed by atoms with Crippen molar-refractivity contribution in [1.29, 1.82) is 0 Å². The fourth-order valence-corrected chi connectivity index (χ4v) is 2.11. The predicted octanol–water partition coefficient (Wildman–Crippen LogP) is 4.60. The molecule has 0 saturated heterocycles. The van der Waals surface area contributed by atoms with Crippen molar-refractivity contribution < 1.29 is 9.53 Å². The summed E-state index contributed by atoms with van der Waals surface area (Å²) in [5.41, 5.74) is 7.18. The lowest BCUT2D eigenvalue weighted by atomic mass is 10.1. The number of nitrogen functional groups attached to an aromatic ring is 1. The maximum Gasteiger partial charge on any atom is 0.162 e. The van der Waals surface area contributed by atoms with E-state index in [1.54, 1.807) is 12.1 Å². The minimum atomic E-state index is 0.144. The molecule has 1 aromatic carbocycles. The van der Waals surface area contributed by atoms with Crippen molar-refractivity contribution in [3.05, 3.63) is 23.8 Å². The van der Waals surface area contributed by atoms with Crippen LogP contribution in [0.15, 0.2) is 18.2 Å². The Balaban J connectivity index is 2.42. The van der Waals surface area contributed by atoms with Gasteiger partial charge in [-0.3, -0.25) is 4.79 Å². The fraction of sp³-hybridized carbons (Fsp3) is 0.588. The van der Waals surface area contributed by atoms with Crippen molar-refractivity contribution in [1.82, 2.24) is 0 Å². The summed E-state index contributed by atoms with van der Waals surface area (Å²) >= 11 is 0. The highest BCUT2D eigenvalue weighted by Gasteiger charge is 2.08. The molecule has 20 heavy (non-hydrogen) atoms. The number of carbonyl (C=O) groups is 1. The van der Waals surface area contributed by atoms with Gasteiger partial charge in [-0.2, -0.15) is 0 Å². The fourth-order valence-electron chi connectivity index (χ4n) is 2.11. The van der Waals surface area contributed by atoms with Crippen LogP contribution in [0.3, 0.4) is 0 Å². The molecule has 0 heterocycles. The van der Waals surface area contributed by atoms with Gasteiger partial charge in [0.2, 0.25) is 0 Å². The largest absolute Gasteiger partial charge is 0.491 e. The highest BCUT2D eigenvalue weighted by atomic mass is 16.5. The van der Waals surface area contributed by atoms with Gasteiger partial charge in [0, 0.05) is 12.0 Å². The number of hydrogen-bond donors (Lipinski definition) is 1. The molecule has 0 bridgehead atoms. The summed E-state index contributed by atoms with van der Waals surface area (Å²) < 4.78 is 5.68. The van der Waals surface area contributed by atoms with Gasteiger partial charge in [-0.15, -0.1) is 0 Å². The Morgan fingerprint density at radius 2 is 1.85 bits per heavy atom. The second-order valence-corrected chi connectivity index (χ2v) is 5.19. The summed E-state index contributed by atoms with van der Waals surface area (Å²) in [7, 11) is 0. The zero-order valence-corrected chi connectivity index (χ0v) is 12.8. The Morgan fingerprint density at radius 1 is 1.10 bits per heavy atom. The molecule has 3 nitrogen and oxygen atoms in total. The molecule has 112 valence electrons. The van der Waals surface area contributed by atoms with Gasteiger partial charge in [-0.05, 0) is 31.0 Å². The number of ether oxygens (including phenoxy) is 1. The van der Waals surface area contributed by atoms with Crippen LogP contribution in [0.5, 0.6) is 5.75 Å². The lowest BCUT2D eigenvalue weighted by Gasteiger charge is -2.10. The van der Waals surface area contributed by atoms with E-state index >= 15 is 0 Å². The first-order chi connectivity index (χ1) is 9.69. The number of nitrogens with two attached hydrogens (primary N) is 1. The average molecular weight is 277 g/mol. The van der Waals surface area contributed by atoms with Gasteiger partial charge >= 0.3 is 0 Å². The van der Waals surface area contributed by atoms with Crippen LogP contribution in [0.25, 0.3) is 0 Å². The van der Waals surface area contributed by atoms with Crippen molar-refractivity contribution in [2.75, 3.05) is 12.3 Å². The van der Waals surface area contributed by atoms with Gasteiger partial charge in [-0.25, -0.2) is 0 Å². The lowest BCUT2D eigenvalue weighted by molar-refractivity contribution is 0.0982. The van der Waals surface area contributed by atoms with Gasteiger partial charge in [-0.1, -0.05) is 39.5 Å². The zero-order valence-electron chi connectivity index (χ0n) is 12.8. The molecule has 0 aliphatic carbocycles. The first-order valence-corrected chi connectivity index (χ1v) is 7.74. The average Bonchev–Trinajstić information content (AvgIpc) is 2.44. The molecule has 3 heteroatoms. The van der Waals surface area contributed by atoms with E-state index in [0.717, 1.165) is 12.8 Å². The molecule has 1 rings (SSSR count). The van der Waals surface area contributed by atoms with Gasteiger partial charge in [0.1, 0.15) is 5.75 Å². The maximum atomic E-state index is 11.8. The van der Waals surface area contributed by atoms with E-state index in [1.807, 2.05) is 13.0 Å². The van der Waals surface area contributed by atoms with Crippen LogP contribution in [0.4, 0.5) is 5.69 Å². The Hall–Kier alpha value is -1.51. The van der Waals surface area contributed by atoms with Crippen LogP contribution < -0.4 is 10.5 Å². The summed E-state index contributed by atoms with van der Waals surface area (Å²) in [6.45, 7) is 4.89. The zero-order chi connectivity index (χ0) is 14.8. The molecule has 1 aromatic rings. The van der Waals surface area contributed by atoms with Gasteiger partial charge < -0.3 is 10.5 Å². The maximum absolute atomic E-state index is 11.8. The molecule has 0 fully saturated rings. The minimum absolute atomic E-state index is 0.144. The monoisotopic (exact) mass is 277 g/mol. The molecule has 0 aromatic heterocycles. The van der Waals surface area contributed by atoms with Gasteiger partial charge in [0.05, 0.1) is 12.3 Å². The van der Waals surface area contributed by atoms with E-state index in [9.17, 15) is 4.79 Å². The molecule has 0 atom stereocenters. The van der Waals surface area contributed by atoms with Crippen LogP contribution in [0, 0.1) is 0 Å². The molecule has 0 amide bonds. The second kappa shape index (κ2) is 9.40. The summed E-state index contributed by atoms with van der Waals surface area (Å²) in [5, 5.41) is 0. The lowest BCUT2D eigenvalue weighted by Crippen LogP contribution is -2.03. The van der Waals surface area contributed by atoms with E-state index in [-0.39, 0.29) is 5.78 Å². The normalized spacial score (nSPS) is 10.5. The molecule has 0 unspecified atom stereocenters. The second-order valence-electron chi connectivity index (χ2n) is 5.19. The summed E-state index contributed by atoms with van der Waals surface area (Å²) in [6.07, 6.45) is 7.47. The number of unbranched alkanes of at least 4 members (excludes halogenated alkanes) is 4. The van der Waals surface area contributed by atoms with Crippen molar-refractivity contribution in [2.24, 2.45) is 0 Å². The quantitative estimate of drug-likeness (QED) is 0.386. The molecular formula is C17H27NO2. The van der Waals surface area contributed by atoms with E-state index in [1.165, 1.54) is 25.7 Å². The number of ketones is 1. The van der Waals surface area contributed by atoms with E-state index in [4.69, 9.17) is 10.5 Å². The van der Waals surface area contributed by atoms with Gasteiger partial charge in [0.25, 0.3) is 0 Å². The SMILES string of the molecule is CCCCCCCOc1ccc(C(=O)CCC)cc1N. The molecule has 0 saturated carbocycles. The number of anilines is 1. The van der Waals surface area contributed by atoms with E-state index in [0.29, 0.717) is 30.0 Å². The van der Waals surface area contributed by atoms with Crippen LogP contribution in [-0.2, 0) is 0 Å². The Kier molecular flexibility index (Phi) is 7.78. The van der Waals surface area contributed by atoms with Crippen LogP contribution >= 0.6 is 0 Å². The van der Waals surface area contributed by atoms with Crippen LogP contribution in [0.2, 0.25) is 0 Å². The molecule has 2 N–H and O–H groups in total. The number of hydrogen-bond acceptors (Lipinski definition) is 3. The minimum Gasteiger partial charge on any atom is -0.491 e. The van der Waals surface area contributed by atoms with Crippen molar-refractivity contribution in [3.63, 3.8) is 0 Å². The number of Topliss-reactive ketones (excluding diaryl/α,β-unsaturated/α-hetero) is 1. The molecular weight excluding hydrogens is 250 g/mol. The van der Waals surface area contributed by atoms with E-state index < -0.39 is 0 Å². The van der Waals surface area contributed by atoms with Crippen molar-refractivity contribution in [2.45, 2.75) is 58.8 Å². The van der Waals surface area contributed by atoms with Crippen molar-refractivity contribution in [3.8, 4) is 5.75 Å².